The van der Waals surface area contributed by atoms with Crippen LogP contribution in [-0.4, -0.2) is 44.6 Å². The molecule has 0 bridgehead atoms. The van der Waals surface area contributed by atoms with E-state index in [9.17, 15) is 24.6 Å². The highest BCUT2D eigenvalue weighted by Gasteiger charge is 2.67. The van der Waals surface area contributed by atoms with Crippen molar-refractivity contribution >= 4 is 17.5 Å². The number of carbonyl (C=O) groups excluding carboxylic acids is 2. The molecule has 2 aliphatic rings. The summed E-state index contributed by atoms with van der Waals surface area (Å²) in [5, 5.41) is 19.8. The molecule has 6 heteroatoms. The Kier molecular flexibility index (Phi) is 2.97. The Morgan fingerprint density at radius 2 is 1.60 bits per heavy atom. The maximum atomic E-state index is 12.5. The Labute approximate surface area is 116 Å². The summed E-state index contributed by atoms with van der Waals surface area (Å²) < 4.78 is 5.50. The van der Waals surface area contributed by atoms with Crippen LogP contribution in [0.3, 0.4) is 0 Å². The lowest BCUT2D eigenvalue weighted by Gasteiger charge is -2.44. The summed E-state index contributed by atoms with van der Waals surface area (Å²) in [4.78, 5) is 36.1. The number of hydrogen-bond donors (Lipinski definition) is 2. The van der Waals surface area contributed by atoms with Gasteiger partial charge >= 0.3 is 5.97 Å². The number of aliphatic hydroxyl groups is 1. The van der Waals surface area contributed by atoms with Gasteiger partial charge in [0.05, 0.1) is 0 Å². The van der Waals surface area contributed by atoms with Crippen LogP contribution in [0.1, 0.15) is 40.5 Å². The fraction of sp³-hybridized carbons (Fsp3) is 0.643. The van der Waals surface area contributed by atoms with E-state index in [1.807, 2.05) is 0 Å². The van der Waals surface area contributed by atoms with Crippen molar-refractivity contribution in [3.63, 3.8) is 0 Å². The number of rotatable bonds is 1. The first-order valence-corrected chi connectivity index (χ1v) is 6.42. The predicted octanol–water partition coefficient (Wildman–Crippen LogP) is 0.618. The molecule has 6 nitrogen and oxygen atoms in total. The van der Waals surface area contributed by atoms with E-state index in [-0.39, 0.29) is 24.0 Å². The van der Waals surface area contributed by atoms with Gasteiger partial charge < -0.3 is 14.9 Å². The van der Waals surface area contributed by atoms with Crippen LogP contribution in [-0.2, 0) is 19.1 Å². The molecule has 1 spiro atoms. The van der Waals surface area contributed by atoms with Crippen molar-refractivity contribution in [2.45, 2.75) is 57.3 Å². The van der Waals surface area contributed by atoms with E-state index in [2.05, 4.69) is 0 Å². The number of aliphatic carboxylic acids is 1. The Morgan fingerprint density at radius 1 is 1.10 bits per heavy atom. The maximum absolute atomic E-state index is 12.5. The molecule has 1 aliphatic carbocycles. The molecular weight excluding hydrogens is 264 g/mol. The monoisotopic (exact) mass is 282 g/mol. The summed E-state index contributed by atoms with van der Waals surface area (Å²) >= 11 is 0. The number of carboxylic acids is 1. The van der Waals surface area contributed by atoms with E-state index in [4.69, 9.17) is 4.74 Å². The summed E-state index contributed by atoms with van der Waals surface area (Å²) in [6.07, 6.45) is 0.0574. The molecule has 1 fully saturated rings. The molecule has 1 saturated heterocycles. The lowest BCUT2D eigenvalue weighted by Crippen LogP contribution is -2.65. The van der Waals surface area contributed by atoms with Crippen molar-refractivity contribution in [2.24, 2.45) is 0 Å². The van der Waals surface area contributed by atoms with Gasteiger partial charge in [-0.05, 0) is 40.5 Å². The van der Waals surface area contributed by atoms with Crippen LogP contribution >= 0.6 is 0 Å². The molecule has 2 N–H and O–H groups in total. The van der Waals surface area contributed by atoms with Crippen molar-refractivity contribution in [3.05, 3.63) is 11.1 Å². The van der Waals surface area contributed by atoms with Crippen LogP contribution in [0.2, 0.25) is 0 Å². The normalized spacial score (nSPS) is 41.6. The smallest absolute Gasteiger partial charge is 0.335 e. The Hall–Kier alpha value is -1.53. The zero-order valence-corrected chi connectivity index (χ0v) is 11.9. The Balaban J connectivity index is 2.60. The third kappa shape index (κ3) is 1.55. The highest BCUT2D eigenvalue weighted by Crippen LogP contribution is 2.49. The molecule has 0 radical (unpaired) electrons. The lowest BCUT2D eigenvalue weighted by molar-refractivity contribution is -0.205. The van der Waals surface area contributed by atoms with E-state index in [0.29, 0.717) is 0 Å². The molecule has 0 aromatic carbocycles. The summed E-state index contributed by atoms with van der Waals surface area (Å²) in [5.41, 5.74) is -5.03. The molecule has 3 atom stereocenters. The Bertz CT molecular complexity index is 558. The van der Waals surface area contributed by atoms with Crippen molar-refractivity contribution in [1.29, 1.82) is 0 Å². The van der Waals surface area contributed by atoms with E-state index in [1.54, 1.807) is 0 Å². The van der Waals surface area contributed by atoms with Crippen molar-refractivity contribution < 1.29 is 29.3 Å². The lowest BCUT2D eigenvalue weighted by atomic mass is 9.67. The molecule has 20 heavy (non-hydrogen) atoms. The number of Topliss-reactive ketones (excluding diaryl/α,β-unsaturated/α-hetero) is 2. The highest BCUT2D eigenvalue weighted by atomic mass is 16.6. The average Bonchev–Trinajstić information content (AvgIpc) is 2.75. The molecule has 0 aromatic heterocycles. The van der Waals surface area contributed by atoms with Gasteiger partial charge in [0.15, 0.2) is 28.4 Å². The van der Waals surface area contributed by atoms with Crippen LogP contribution in [0.25, 0.3) is 0 Å². The van der Waals surface area contributed by atoms with Gasteiger partial charge in [-0.25, -0.2) is 4.79 Å². The van der Waals surface area contributed by atoms with Crippen LogP contribution in [0, 0.1) is 0 Å². The minimum absolute atomic E-state index is 0.00199. The van der Waals surface area contributed by atoms with Crippen LogP contribution in [0.5, 0.6) is 0 Å². The molecule has 110 valence electrons. The third-order valence-electron chi connectivity index (χ3n) is 4.64. The van der Waals surface area contributed by atoms with Crippen LogP contribution in [0.4, 0.5) is 0 Å². The Morgan fingerprint density at radius 3 is 2.05 bits per heavy atom. The maximum Gasteiger partial charge on any atom is 0.335 e. The molecule has 0 saturated carbocycles. The van der Waals surface area contributed by atoms with Crippen molar-refractivity contribution in [2.75, 3.05) is 0 Å². The second kappa shape index (κ2) is 3.99. The molecule has 1 heterocycles. The van der Waals surface area contributed by atoms with Gasteiger partial charge in [0.1, 0.15) is 0 Å². The highest BCUT2D eigenvalue weighted by molar-refractivity contribution is 6.19. The quantitative estimate of drug-likeness (QED) is 0.731. The molecule has 0 unspecified atom stereocenters. The van der Waals surface area contributed by atoms with Crippen LogP contribution < -0.4 is 0 Å². The number of hydrogen-bond acceptors (Lipinski definition) is 5. The van der Waals surface area contributed by atoms with E-state index in [1.165, 1.54) is 27.7 Å². The van der Waals surface area contributed by atoms with Gasteiger partial charge in [-0.1, -0.05) is 0 Å². The third-order valence-corrected chi connectivity index (χ3v) is 4.64. The SMILES string of the molecule is CC1=C(C)C(=O)[C@]2(CC[C@](C)(C(=O)O)O2)[C@@](C)(O)C1=O. The van der Waals surface area contributed by atoms with Gasteiger partial charge in [-0.2, -0.15) is 0 Å². The standard InChI is InChI=1S/C14H18O6/c1-7-8(2)10(16)14(13(4,19)9(7)15)6-5-12(3,20-14)11(17)18/h19H,5-6H2,1-4H3,(H,17,18)/t12-,13+,14-/m1/s1. The largest absolute Gasteiger partial charge is 0.479 e. The van der Waals surface area contributed by atoms with Gasteiger partial charge in [0.2, 0.25) is 0 Å². The minimum Gasteiger partial charge on any atom is -0.479 e. The van der Waals surface area contributed by atoms with Gasteiger partial charge in [0.25, 0.3) is 0 Å². The second-order valence-corrected chi connectivity index (χ2v) is 5.95. The summed E-state index contributed by atoms with van der Waals surface area (Å²) in [6, 6.07) is 0. The first-order valence-electron chi connectivity index (χ1n) is 6.42. The fourth-order valence-corrected chi connectivity index (χ4v) is 2.97. The summed E-state index contributed by atoms with van der Waals surface area (Å²) in [6.45, 7) is 5.53. The van der Waals surface area contributed by atoms with Gasteiger partial charge in [-0.3, -0.25) is 9.59 Å². The number of ketones is 2. The summed E-state index contributed by atoms with van der Waals surface area (Å²) in [5.74, 6) is -2.32. The van der Waals surface area contributed by atoms with E-state index < -0.39 is 34.3 Å². The number of carbonyl (C=O) groups is 3. The summed E-state index contributed by atoms with van der Waals surface area (Å²) in [7, 11) is 0. The molecule has 1 aliphatic heterocycles. The van der Waals surface area contributed by atoms with Crippen molar-refractivity contribution in [1.82, 2.24) is 0 Å². The average molecular weight is 282 g/mol. The second-order valence-electron chi connectivity index (χ2n) is 5.95. The fourth-order valence-electron chi connectivity index (χ4n) is 2.97. The van der Waals surface area contributed by atoms with Gasteiger partial charge in [0, 0.05) is 11.1 Å². The van der Waals surface area contributed by atoms with E-state index in [0.717, 1.165) is 0 Å². The topological polar surface area (TPSA) is 101 Å². The molecular formula is C14H18O6. The zero-order chi connectivity index (χ0) is 15.5. The molecule has 0 amide bonds. The zero-order valence-electron chi connectivity index (χ0n) is 11.9. The first kappa shape index (κ1) is 14.9. The van der Waals surface area contributed by atoms with E-state index >= 15 is 0 Å². The number of ether oxygens (including phenoxy) is 1. The van der Waals surface area contributed by atoms with Gasteiger partial charge in [-0.15, -0.1) is 0 Å². The predicted molar refractivity (Wildman–Crippen MR) is 68.1 cm³/mol. The minimum atomic E-state index is -2.05. The van der Waals surface area contributed by atoms with Crippen molar-refractivity contribution in [3.8, 4) is 0 Å². The molecule has 0 aromatic rings. The molecule has 2 rings (SSSR count). The van der Waals surface area contributed by atoms with Crippen LogP contribution in [0.15, 0.2) is 11.1 Å². The number of carboxylic acid groups (broad SMARTS) is 1. The first-order chi connectivity index (χ1) is 8.99.